The number of methoxy groups -OCH3 is 2. The predicted molar refractivity (Wildman–Crippen MR) is 140 cm³/mol. The monoisotopic (exact) mass is 530 g/mol. The summed E-state index contributed by atoms with van der Waals surface area (Å²) in [5.74, 6) is 1.58. The number of para-hydroxylation sites is 2. The fourth-order valence-corrected chi connectivity index (χ4v) is 4.41. The number of nitrogens with one attached hydrogen (secondary N) is 2. The summed E-state index contributed by atoms with van der Waals surface area (Å²) < 4.78 is 14.0. The Hall–Kier alpha value is -4.04. The lowest BCUT2D eigenvalue weighted by Crippen LogP contribution is -2.22. The largest absolute Gasteiger partial charge is 0.493 e. The third kappa shape index (κ3) is 4.40. The van der Waals surface area contributed by atoms with Gasteiger partial charge in [0.1, 0.15) is 17.4 Å². The molecule has 1 amide bonds. The summed E-state index contributed by atoms with van der Waals surface area (Å²) in [5, 5.41) is 11.0. The number of anilines is 2. The van der Waals surface area contributed by atoms with Crippen LogP contribution in [0.4, 0.5) is 11.5 Å². The zero-order chi connectivity index (χ0) is 24.4. The van der Waals surface area contributed by atoms with E-state index in [2.05, 4.69) is 37.7 Å². The number of halogens is 1. The molecule has 0 aliphatic carbocycles. The van der Waals surface area contributed by atoms with Crippen molar-refractivity contribution in [2.75, 3.05) is 24.9 Å². The number of carbonyl (C=O) groups excluding carboxylic acids is 1. The van der Waals surface area contributed by atoms with Gasteiger partial charge in [0.15, 0.2) is 11.5 Å². The molecule has 0 saturated carbocycles. The van der Waals surface area contributed by atoms with Gasteiger partial charge in [-0.15, -0.1) is 0 Å². The average Bonchev–Trinajstić information content (AvgIpc) is 3.33. The van der Waals surface area contributed by atoms with Crippen molar-refractivity contribution < 1.29 is 14.3 Å². The topological polar surface area (TPSA) is 77.4 Å². The Labute approximate surface area is 211 Å². The van der Waals surface area contributed by atoms with E-state index in [1.165, 1.54) is 0 Å². The fraction of sp³-hybridized carbons (Fsp3) is 0.111. The van der Waals surface area contributed by atoms with E-state index in [4.69, 9.17) is 9.47 Å². The molecule has 4 aromatic rings. The predicted octanol–water partition coefficient (Wildman–Crippen LogP) is 5.97. The number of rotatable bonds is 6. The lowest BCUT2D eigenvalue weighted by atomic mass is 9.99. The first-order chi connectivity index (χ1) is 17.1. The molecule has 5 rings (SSSR count). The van der Waals surface area contributed by atoms with Gasteiger partial charge in [0.05, 0.1) is 20.4 Å². The molecule has 176 valence electrons. The first kappa shape index (κ1) is 22.7. The number of nitrogens with zero attached hydrogens (tertiary/aromatic N) is 2. The molecular formula is C27H23BrN4O3. The molecule has 0 unspecified atom stereocenters. The van der Waals surface area contributed by atoms with E-state index in [-0.39, 0.29) is 11.9 Å². The normalized spacial score (nSPS) is 14.4. The number of hydrogen-bond donors (Lipinski definition) is 2. The van der Waals surface area contributed by atoms with E-state index in [0.717, 1.165) is 21.3 Å². The Balaban J connectivity index is 1.62. The Morgan fingerprint density at radius 1 is 1.00 bits per heavy atom. The molecular weight excluding hydrogens is 508 g/mol. The van der Waals surface area contributed by atoms with Crippen molar-refractivity contribution in [3.05, 3.63) is 106 Å². The van der Waals surface area contributed by atoms with Gasteiger partial charge in [-0.3, -0.25) is 4.79 Å². The smallest absolute Gasteiger partial charge is 0.261 e. The first-order valence-electron chi connectivity index (χ1n) is 11.0. The van der Waals surface area contributed by atoms with Crippen LogP contribution in [0.1, 0.15) is 27.5 Å². The summed E-state index contributed by atoms with van der Waals surface area (Å²) in [5.41, 5.74) is 3.84. The third-order valence-electron chi connectivity index (χ3n) is 5.82. The molecule has 1 aliphatic heterocycles. The molecule has 1 atom stereocenters. The summed E-state index contributed by atoms with van der Waals surface area (Å²) in [6.45, 7) is 0. The van der Waals surface area contributed by atoms with Crippen molar-refractivity contribution >= 4 is 39.0 Å². The lowest BCUT2D eigenvalue weighted by Gasteiger charge is -2.27. The number of hydrogen-bond acceptors (Lipinski definition) is 5. The number of allylic oxidation sites excluding steroid dienone is 1. The molecule has 2 heterocycles. The van der Waals surface area contributed by atoms with Crippen molar-refractivity contribution in [1.29, 1.82) is 0 Å². The number of amides is 1. The van der Waals surface area contributed by atoms with Gasteiger partial charge < -0.3 is 20.1 Å². The van der Waals surface area contributed by atoms with E-state index in [1.54, 1.807) is 25.1 Å². The van der Waals surface area contributed by atoms with Gasteiger partial charge in [-0.2, -0.15) is 5.10 Å². The minimum Gasteiger partial charge on any atom is -0.493 e. The van der Waals surface area contributed by atoms with E-state index in [0.29, 0.717) is 28.6 Å². The van der Waals surface area contributed by atoms with Crippen LogP contribution in [0.15, 0.2) is 89.5 Å². The van der Waals surface area contributed by atoms with Crippen LogP contribution in [0.5, 0.6) is 11.5 Å². The van der Waals surface area contributed by atoms with Crippen LogP contribution >= 0.6 is 15.9 Å². The van der Waals surface area contributed by atoms with Crippen LogP contribution in [-0.4, -0.2) is 29.9 Å². The molecule has 8 heteroatoms. The maximum absolute atomic E-state index is 13.2. The van der Waals surface area contributed by atoms with Gasteiger partial charge in [-0.1, -0.05) is 58.4 Å². The minimum atomic E-state index is -0.340. The molecule has 35 heavy (non-hydrogen) atoms. The summed E-state index contributed by atoms with van der Waals surface area (Å²) in [7, 11) is 3.23. The summed E-state index contributed by atoms with van der Waals surface area (Å²) in [4.78, 5) is 13.2. The van der Waals surface area contributed by atoms with Crippen LogP contribution in [-0.2, 0) is 0 Å². The molecule has 0 spiro atoms. The number of ether oxygens (including phenoxy) is 2. The molecule has 0 radical (unpaired) electrons. The fourth-order valence-electron chi connectivity index (χ4n) is 4.15. The van der Waals surface area contributed by atoms with E-state index >= 15 is 0 Å². The van der Waals surface area contributed by atoms with E-state index in [9.17, 15) is 4.79 Å². The molecule has 1 aromatic heterocycles. The van der Waals surface area contributed by atoms with Crippen molar-refractivity contribution in [3.63, 3.8) is 0 Å². The lowest BCUT2D eigenvalue weighted by molar-refractivity contribution is 0.102. The molecule has 1 aliphatic rings. The summed E-state index contributed by atoms with van der Waals surface area (Å²) >= 11 is 3.50. The zero-order valence-electron chi connectivity index (χ0n) is 19.2. The molecule has 3 aromatic carbocycles. The Morgan fingerprint density at radius 3 is 2.49 bits per heavy atom. The number of benzene rings is 3. The second-order valence-corrected chi connectivity index (χ2v) is 8.83. The minimum absolute atomic E-state index is 0.252. The second kappa shape index (κ2) is 9.68. The third-order valence-corrected chi connectivity index (χ3v) is 6.35. The van der Waals surface area contributed by atoms with Gasteiger partial charge in [0, 0.05) is 21.4 Å². The van der Waals surface area contributed by atoms with Gasteiger partial charge in [0.2, 0.25) is 0 Å². The second-order valence-electron chi connectivity index (χ2n) is 7.91. The van der Waals surface area contributed by atoms with Crippen molar-refractivity contribution in [2.45, 2.75) is 6.04 Å². The zero-order valence-corrected chi connectivity index (χ0v) is 20.7. The highest BCUT2D eigenvalue weighted by Gasteiger charge is 2.30. The van der Waals surface area contributed by atoms with Crippen molar-refractivity contribution in [2.24, 2.45) is 0 Å². The summed E-state index contributed by atoms with van der Waals surface area (Å²) in [6.07, 6.45) is 3.65. The Bertz CT molecular complexity index is 1400. The quantitative estimate of drug-likeness (QED) is 0.321. The maximum Gasteiger partial charge on any atom is 0.261 e. The van der Waals surface area contributed by atoms with Crippen LogP contribution < -0.4 is 20.1 Å². The highest BCUT2D eigenvalue weighted by molar-refractivity contribution is 9.10. The van der Waals surface area contributed by atoms with Crippen LogP contribution in [0.25, 0.3) is 5.70 Å². The molecule has 7 nitrogen and oxygen atoms in total. The molecule has 0 bridgehead atoms. The Morgan fingerprint density at radius 2 is 1.77 bits per heavy atom. The first-order valence-corrected chi connectivity index (χ1v) is 11.8. The van der Waals surface area contributed by atoms with Gasteiger partial charge >= 0.3 is 0 Å². The van der Waals surface area contributed by atoms with Gasteiger partial charge in [0.25, 0.3) is 5.91 Å². The standard InChI is InChI=1S/C27H23BrN4O3/c1-34-24-10-6-9-20(25(24)35-2)23-15-22(17-11-13-18(28)14-12-17)31-26-21(16-29-32(23)26)27(33)30-19-7-4-3-5-8-19/h3-16,23,31H,1-2H3,(H,30,33)/t23-/m1/s1. The highest BCUT2D eigenvalue weighted by Crippen LogP contribution is 2.41. The summed E-state index contributed by atoms with van der Waals surface area (Å²) in [6, 6.07) is 22.7. The van der Waals surface area contributed by atoms with Crippen LogP contribution in [0, 0.1) is 0 Å². The number of aromatic nitrogens is 2. The van der Waals surface area contributed by atoms with Crippen molar-refractivity contribution in [3.8, 4) is 11.5 Å². The Kier molecular flexibility index (Phi) is 6.29. The number of carbonyl (C=O) groups is 1. The van der Waals surface area contributed by atoms with E-state index in [1.807, 2.05) is 72.8 Å². The molecule has 0 fully saturated rings. The van der Waals surface area contributed by atoms with Crippen LogP contribution in [0.2, 0.25) is 0 Å². The number of fused-ring (bicyclic) bond motifs is 1. The average molecular weight is 531 g/mol. The van der Waals surface area contributed by atoms with Gasteiger partial charge in [-0.05, 0) is 42.0 Å². The molecule has 2 N–H and O–H groups in total. The molecule has 0 saturated heterocycles. The SMILES string of the molecule is COc1cccc([C@H]2C=C(c3ccc(Br)cc3)Nc3c(C(=O)Nc4ccccc4)cnn32)c1OC. The van der Waals surface area contributed by atoms with Crippen molar-refractivity contribution in [1.82, 2.24) is 9.78 Å². The van der Waals surface area contributed by atoms with Crippen LogP contribution in [0.3, 0.4) is 0 Å². The van der Waals surface area contributed by atoms with E-state index < -0.39 is 0 Å². The maximum atomic E-state index is 13.2. The highest BCUT2D eigenvalue weighted by atomic mass is 79.9. The van der Waals surface area contributed by atoms with Gasteiger partial charge in [-0.25, -0.2) is 4.68 Å².